The fourth-order valence-corrected chi connectivity index (χ4v) is 2.87. The number of hydrogen-bond donors (Lipinski definition) is 1. The van der Waals surface area contributed by atoms with Crippen LogP contribution in [0, 0.1) is 0 Å². The summed E-state index contributed by atoms with van der Waals surface area (Å²) in [6, 6.07) is 11.1. The Morgan fingerprint density at radius 2 is 1.74 bits per heavy atom. The molecule has 2 aromatic rings. The van der Waals surface area contributed by atoms with Gasteiger partial charge in [0.25, 0.3) is 5.91 Å². The number of benzene rings is 2. The number of ether oxygens (including phenoxy) is 3. The van der Waals surface area contributed by atoms with Crippen LogP contribution >= 0.6 is 0 Å². The van der Waals surface area contributed by atoms with Crippen molar-refractivity contribution < 1.29 is 19.0 Å². The number of carbonyl (C=O) groups excluding carboxylic acids is 1. The number of carbonyl (C=O) groups is 1. The zero-order chi connectivity index (χ0) is 16.4. The molecule has 1 atom stereocenters. The van der Waals surface area contributed by atoms with Crippen LogP contribution in [0.15, 0.2) is 36.4 Å². The second-order valence-corrected chi connectivity index (χ2v) is 5.37. The van der Waals surface area contributed by atoms with Crippen LogP contribution in [-0.2, 0) is 6.42 Å². The zero-order valence-corrected chi connectivity index (χ0v) is 13.4. The van der Waals surface area contributed by atoms with E-state index in [1.807, 2.05) is 24.3 Å². The SMILES string of the molecule is COc1ccc2c(c1)C[C@@H](c1ccc(OC)c(OC)c1)NC2=O. The van der Waals surface area contributed by atoms with Crippen LogP contribution in [0.25, 0.3) is 0 Å². The lowest BCUT2D eigenvalue weighted by atomic mass is 9.91. The quantitative estimate of drug-likeness (QED) is 0.943. The number of nitrogens with one attached hydrogen (secondary N) is 1. The molecule has 2 aromatic carbocycles. The van der Waals surface area contributed by atoms with Gasteiger partial charge in [-0.1, -0.05) is 6.07 Å². The molecular formula is C18H19NO4. The maximum absolute atomic E-state index is 12.3. The van der Waals surface area contributed by atoms with Crippen molar-refractivity contribution in [2.24, 2.45) is 0 Å². The molecular weight excluding hydrogens is 294 g/mol. The third-order valence-electron chi connectivity index (χ3n) is 4.10. The van der Waals surface area contributed by atoms with Crippen LogP contribution in [0.2, 0.25) is 0 Å². The van der Waals surface area contributed by atoms with Gasteiger partial charge in [-0.3, -0.25) is 4.79 Å². The Kier molecular flexibility index (Phi) is 4.10. The molecule has 1 N–H and O–H groups in total. The maximum atomic E-state index is 12.3. The van der Waals surface area contributed by atoms with E-state index >= 15 is 0 Å². The molecule has 5 nitrogen and oxygen atoms in total. The van der Waals surface area contributed by atoms with Crippen LogP contribution in [0.1, 0.15) is 27.5 Å². The van der Waals surface area contributed by atoms with Gasteiger partial charge in [-0.25, -0.2) is 0 Å². The predicted molar refractivity (Wildman–Crippen MR) is 86.5 cm³/mol. The van der Waals surface area contributed by atoms with Crippen LogP contribution in [-0.4, -0.2) is 27.2 Å². The van der Waals surface area contributed by atoms with Crippen LogP contribution in [0.3, 0.4) is 0 Å². The molecule has 0 aliphatic carbocycles. The van der Waals surface area contributed by atoms with Gasteiger partial charge in [0.2, 0.25) is 0 Å². The van der Waals surface area contributed by atoms with Crippen LogP contribution < -0.4 is 19.5 Å². The van der Waals surface area contributed by atoms with Crippen molar-refractivity contribution in [3.05, 3.63) is 53.1 Å². The highest BCUT2D eigenvalue weighted by atomic mass is 16.5. The summed E-state index contributed by atoms with van der Waals surface area (Å²) >= 11 is 0. The van der Waals surface area contributed by atoms with Crippen molar-refractivity contribution in [1.82, 2.24) is 5.32 Å². The molecule has 0 saturated carbocycles. The van der Waals surface area contributed by atoms with Gasteiger partial charge in [-0.2, -0.15) is 0 Å². The molecule has 5 heteroatoms. The fourth-order valence-electron chi connectivity index (χ4n) is 2.87. The van der Waals surface area contributed by atoms with Crippen molar-refractivity contribution in [3.63, 3.8) is 0 Å². The molecule has 0 radical (unpaired) electrons. The van der Waals surface area contributed by atoms with Gasteiger partial charge in [0, 0.05) is 5.56 Å². The van der Waals surface area contributed by atoms with E-state index in [1.54, 1.807) is 33.5 Å². The Morgan fingerprint density at radius 1 is 0.957 bits per heavy atom. The Labute approximate surface area is 135 Å². The lowest BCUT2D eigenvalue weighted by Gasteiger charge is -2.26. The highest BCUT2D eigenvalue weighted by Crippen LogP contribution is 2.33. The summed E-state index contributed by atoms with van der Waals surface area (Å²) < 4.78 is 15.9. The minimum absolute atomic E-state index is 0.0753. The van der Waals surface area contributed by atoms with Crippen LogP contribution in [0.5, 0.6) is 17.2 Å². The fraction of sp³-hybridized carbons (Fsp3) is 0.278. The molecule has 0 unspecified atom stereocenters. The van der Waals surface area contributed by atoms with Crippen LogP contribution in [0.4, 0.5) is 0 Å². The molecule has 1 aliphatic rings. The van der Waals surface area contributed by atoms with Crippen molar-refractivity contribution in [2.75, 3.05) is 21.3 Å². The first-order valence-electron chi connectivity index (χ1n) is 7.36. The number of hydrogen-bond acceptors (Lipinski definition) is 4. The summed E-state index contributed by atoms with van der Waals surface area (Å²) in [5.74, 6) is 1.99. The lowest BCUT2D eigenvalue weighted by molar-refractivity contribution is 0.0925. The van der Waals surface area contributed by atoms with E-state index in [-0.39, 0.29) is 11.9 Å². The highest BCUT2D eigenvalue weighted by molar-refractivity contribution is 5.97. The summed E-state index contributed by atoms with van der Waals surface area (Å²) in [5, 5.41) is 3.04. The van der Waals surface area contributed by atoms with E-state index in [4.69, 9.17) is 14.2 Å². The third kappa shape index (κ3) is 2.82. The second-order valence-electron chi connectivity index (χ2n) is 5.37. The molecule has 0 aromatic heterocycles. The molecule has 1 amide bonds. The monoisotopic (exact) mass is 313 g/mol. The van der Waals surface area contributed by atoms with E-state index in [9.17, 15) is 4.79 Å². The molecule has 1 aliphatic heterocycles. The average molecular weight is 313 g/mol. The van der Waals surface area contributed by atoms with E-state index in [2.05, 4.69) is 5.32 Å². The van der Waals surface area contributed by atoms with Gasteiger partial charge in [0.1, 0.15) is 5.75 Å². The van der Waals surface area contributed by atoms with Gasteiger partial charge < -0.3 is 19.5 Å². The Balaban J connectivity index is 1.94. The highest BCUT2D eigenvalue weighted by Gasteiger charge is 2.26. The molecule has 120 valence electrons. The van der Waals surface area contributed by atoms with Gasteiger partial charge in [-0.15, -0.1) is 0 Å². The van der Waals surface area contributed by atoms with E-state index in [0.717, 1.165) is 16.9 Å². The summed E-state index contributed by atoms with van der Waals surface area (Å²) in [6.45, 7) is 0. The first-order valence-corrected chi connectivity index (χ1v) is 7.36. The molecule has 1 heterocycles. The summed E-state index contributed by atoms with van der Waals surface area (Å²) in [7, 11) is 4.82. The summed E-state index contributed by atoms with van der Waals surface area (Å²) in [4.78, 5) is 12.3. The minimum Gasteiger partial charge on any atom is -0.497 e. The summed E-state index contributed by atoms with van der Waals surface area (Å²) in [5.41, 5.74) is 2.65. The van der Waals surface area contributed by atoms with Crippen molar-refractivity contribution in [3.8, 4) is 17.2 Å². The third-order valence-corrected chi connectivity index (χ3v) is 4.10. The standard InChI is InChI=1S/C18H19NO4/c1-21-13-5-6-14-12(8-13)9-15(19-18(14)20)11-4-7-16(22-2)17(10-11)23-3/h4-8,10,15H,9H2,1-3H3,(H,19,20)/t15-/m0/s1. The minimum atomic E-state index is -0.109. The van der Waals surface area contributed by atoms with Crippen molar-refractivity contribution in [1.29, 1.82) is 0 Å². The number of amides is 1. The normalized spacial score (nSPS) is 16.3. The second kappa shape index (κ2) is 6.20. The summed E-state index contributed by atoms with van der Waals surface area (Å²) in [6.07, 6.45) is 0.702. The maximum Gasteiger partial charge on any atom is 0.252 e. The first-order chi connectivity index (χ1) is 11.2. The number of fused-ring (bicyclic) bond motifs is 1. The average Bonchev–Trinajstić information content (AvgIpc) is 2.60. The molecule has 23 heavy (non-hydrogen) atoms. The van der Waals surface area contributed by atoms with E-state index in [0.29, 0.717) is 23.5 Å². The molecule has 0 saturated heterocycles. The van der Waals surface area contributed by atoms with E-state index < -0.39 is 0 Å². The largest absolute Gasteiger partial charge is 0.497 e. The van der Waals surface area contributed by atoms with Gasteiger partial charge in [0.15, 0.2) is 11.5 Å². The topological polar surface area (TPSA) is 56.8 Å². The Hall–Kier alpha value is -2.69. The van der Waals surface area contributed by atoms with E-state index in [1.165, 1.54) is 0 Å². The number of methoxy groups -OCH3 is 3. The lowest BCUT2D eigenvalue weighted by Crippen LogP contribution is -2.35. The van der Waals surface area contributed by atoms with Crippen molar-refractivity contribution in [2.45, 2.75) is 12.5 Å². The first kappa shape index (κ1) is 15.2. The zero-order valence-electron chi connectivity index (χ0n) is 13.4. The predicted octanol–water partition coefficient (Wildman–Crippen LogP) is 2.74. The Bertz CT molecular complexity index is 742. The Morgan fingerprint density at radius 3 is 2.43 bits per heavy atom. The van der Waals surface area contributed by atoms with Gasteiger partial charge >= 0.3 is 0 Å². The van der Waals surface area contributed by atoms with Crippen molar-refractivity contribution >= 4 is 5.91 Å². The molecule has 0 bridgehead atoms. The molecule has 0 fully saturated rings. The van der Waals surface area contributed by atoms with Gasteiger partial charge in [-0.05, 0) is 47.9 Å². The van der Waals surface area contributed by atoms with Gasteiger partial charge in [0.05, 0.1) is 27.4 Å². The number of rotatable bonds is 4. The molecule has 3 rings (SSSR count). The smallest absolute Gasteiger partial charge is 0.252 e. The molecule has 0 spiro atoms.